The zero-order chi connectivity index (χ0) is 13.8. The number of piperazine rings is 1. The van der Waals surface area contributed by atoms with Crippen LogP contribution in [0, 0.1) is 0 Å². The maximum atomic E-state index is 12.3. The smallest absolute Gasteiger partial charge is 0.228 e. The van der Waals surface area contributed by atoms with Crippen LogP contribution < -0.4 is 10.6 Å². The number of carbonyl (C=O) groups is 1. The standard InChI is InChI=1S/C15H21N3OS/c19-15(17-7-10-18-8-5-16-6-9-18)13-11-20-14-4-2-1-3-12(13)14/h1-4,13,16H,5-11H2,(H,17,19). The van der Waals surface area contributed by atoms with Gasteiger partial charge in [0, 0.05) is 49.9 Å². The van der Waals surface area contributed by atoms with Crippen LogP contribution >= 0.6 is 11.8 Å². The average molecular weight is 291 g/mol. The van der Waals surface area contributed by atoms with Gasteiger partial charge in [-0.2, -0.15) is 0 Å². The van der Waals surface area contributed by atoms with Crippen molar-refractivity contribution in [3.05, 3.63) is 29.8 Å². The summed E-state index contributed by atoms with van der Waals surface area (Å²) < 4.78 is 0. The van der Waals surface area contributed by atoms with E-state index in [0.717, 1.165) is 45.0 Å². The molecule has 0 radical (unpaired) electrons. The first-order chi connectivity index (χ1) is 9.84. The Morgan fingerprint density at radius 1 is 1.35 bits per heavy atom. The van der Waals surface area contributed by atoms with Crippen molar-refractivity contribution >= 4 is 17.7 Å². The molecule has 2 aliphatic heterocycles. The lowest BCUT2D eigenvalue weighted by Gasteiger charge is -2.27. The first-order valence-corrected chi connectivity index (χ1v) is 8.25. The summed E-state index contributed by atoms with van der Waals surface area (Å²) in [4.78, 5) is 16.0. The minimum atomic E-state index is 0.0271. The minimum absolute atomic E-state index is 0.0271. The molecule has 1 fully saturated rings. The van der Waals surface area contributed by atoms with Crippen molar-refractivity contribution in [3.8, 4) is 0 Å². The third kappa shape index (κ3) is 3.16. The maximum absolute atomic E-state index is 12.3. The Balaban J connectivity index is 1.48. The summed E-state index contributed by atoms with van der Waals surface area (Å²) in [7, 11) is 0. The predicted octanol–water partition coefficient (Wildman–Crippen LogP) is 0.897. The van der Waals surface area contributed by atoms with Gasteiger partial charge in [-0.1, -0.05) is 18.2 Å². The molecule has 2 N–H and O–H groups in total. The van der Waals surface area contributed by atoms with Crippen molar-refractivity contribution < 1.29 is 4.79 Å². The molecule has 0 bridgehead atoms. The number of benzene rings is 1. The van der Waals surface area contributed by atoms with Crippen molar-refractivity contribution in [2.75, 3.05) is 45.0 Å². The highest BCUT2D eigenvalue weighted by Crippen LogP contribution is 2.39. The molecule has 108 valence electrons. The molecule has 0 saturated carbocycles. The minimum Gasteiger partial charge on any atom is -0.354 e. The van der Waals surface area contributed by atoms with E-state index in [-0.39, 0.29) is 11.8 Å². The summed E-state index contributed by atoms with van der Waals surface area (Å²) in [5.41, 5.74) is 1.19. The van der Waals surface area contributed by atoms with Crippen LogP contribution in [0.1, 0.15) is 11.5 Å². The Bertz CT molecular complexity index is 474. The topological polar surface area (TPSA) is 44.4 Å². The van der Waals surface area contributed by atoms with E-state index in [9.17, 15) is 4.79 Å². The largest absolute Gasteiger partial charge is 0.354 e. The molecule has 1 atom stereocenters. The lowest BCUT2D eigenvalue weighted by Crippen LogP contribution is -2.46. The van der Waals surface area contributed by atoms with E-state index in [0.29, 0.717) is 0 Å². The van der Waals surface area contributed by atoms with Crippen LogP contribution in [0.3, 0.4) is 0 Å². The Morgan fingerprint density at radius 3 is 3.00 bits per heavy atom. The van der Waals surface area contributed by atoms with Gasteiger partial charge in [-0.25, -0.2) is 0 Å². The summed E-state index contributed by atoms with van der Waals surface area (Å²) in [6.07, 6.45) is 0. The van der Waals surface area contributed by atoms with E-state index in [1.54, 1.807) is 11.8 Å². The number of nitrogens with one attached hydrogen (secondary N) is 2. The van der Waals surface area contributed by atoms with E-state index in [4.69, 9.17) is 0 Å². The highest BCUT2D eigenvalue weighted by Gasteiger charge is 2.28. The summed E-state index contributed by atoms with van der Waals surface area (Å²) >= 11 is 1.79. The SMILES string of the molecule is O=C(NCCN1CCNCC1)C1CSc2ccccc21. The van der Waals surface area contributed by atoms with Crippen LogP contribution in [-0.2, 0) is 4.79 Å². The zero-order valence-corrected chi connectivity index (χ0v) is 12.4. The van der Waals surface area contributed by atoms with E-state index in [1.807, 2.05) is 12.1 Å². The van der Waals surface area contributed by atoms with Crippen molar-refractivity contribution in [2.24, 2.45) is 0 Å². The molecule has 0 aromatic heterocycles. The van der Waals surface area contributed by atoms with Gasteiger partial charge in [0.25, 0.3) is 0 Å². The van der Waals surface area contributed by atoms with Crippen molar-refractivity contribution in [1.29, 1.82) is 0 Å². The summed E-state index contributed by atoms with van der Waals surface area (Å²) in [6.45, 7) is 5.98. The third-order valence-corrected chi connectivity index (χ3v) is 5.14. The van der Waals surface area contributed by atoms with E-state index in [2.05, 4.69) is 27.7 Å². The molecule has 5 heteroatoms. The van der Waals surface area contributed by atoms with Gasteiger partial charge < -0.3 is 10.6 Å². The molecular weight excluding hydrogens is 270 g/mol. The monoisotopic (exact) mass is 291 g/mol. The molecule has 2 heterocycles. The van der Waals surface area contributed by atoms with Crippen LogP contribution in [0.4, 0.5) is 0 Å². The number of hydrogen-bond acceptors (Lipinski definition) is 4. The Hall–Kier alpha value is -1.04. The lowest BCUT2D eigenvalue weighted by atomic mass is 10.0. The molecular formula is C15H21N3OS. The second kappa shape index (κ2) is 6.61. The van der Waals surface area contributed by atoms with Crippen molar-refractivity contribution in [1.82, 2.24) is 15.5 Å². The second-order valence-electron chi connectivity index (χ2n) is 5.28. The number of nitrogens with zero attached hydrogens (tertiary/aromatic N) is 1. The number of hydrogen-bond donors (Lipinski definition) is 2. The molecule has 1 amide bonds. The van der Waals surface area contributed by atoms with Crippen molar-refractivity contribution in [3.63, 3.8) is 0 Å². The quantitative estimate of drug-likeness (QED) is 0.865. The number of carbonyl (C=O) groups excluding carboxylic acids is 1. The molecule has 0 aliphatic carbocycles. The van der Waals surface area contributed by atoms with E-state index < -0.39 is 0 Å². The van der Waals surface area contributed by atoms with Crippen LogP contribution in [0.25, 0.3) is 0 Å². The molecule has 3 rings (SSSR count). The number of thioether (sulfide) groups is 1. The summed E-state index contributed by atoms with van der Waals surface area (Å²) in [5, 5.41) is 6.44. The second-order valence-corrected chi connectivity index (χ2v) is 6.35. The number of rotatable bonds is 4. The molecule has 1 aromatic carbocycles. The number of fused-ring (bicyclic) bond motifs is 1. The Morgan fingerprint density at radius 2 is 2.15 bits per heavy atom. The van der Waals surface area contributed by atoms with E-state index >= 15 is 0 Å². The average Bonchev–Trinajstić information content (AvgIpc) is 2.92. The van der Waals surface area contributed by atoms with E-state index in [1.165, 1.54) is 10.5 Å². The fourth-order valence-electron chi connectivity index (χ4n) is 2.77. The summed E-state index contributed by atoms with van der Waals surface area (Å²) in [6, 6.07) is 8.24. The van der Waals surface area contributed by atoms with Gasteiger partial charge in [0.1, 0.15) is 0 Å². The highest BCUT2D eigenvalue weighted by atomic mass is 32.2. The van der Waals surface area contributed by atoms with Crippen LogP contribution in [0.15, 0.2) is 29.2 Å². The van der Waals surface area contributed by atoms with Gasteiger partial charge in [-0.15, -0.1) is 11.8 Å². The summed E-state index contributed by atoms with van der Waals surface area (Å²) in [5.74, 6) is 1.08. The molecule has 2 aliphatic rings. The van der Waals surface area contributed by atoms with Gasteiger partial charge in [-0.3, -0.25) is 9.69 Å². The first-order valence-electron chi connectivity index (χ1n) is 7.27. The zero-order valence-electron chi connectivity index (χ0n) is 11.6. The normalized spacial score (nSPS) is 22.5. The molecule has 1 saturated heterocycles. The Labute approximate surface area is 124 Å². The molecule has 20 heavy (non-hydrogen) atoms. The van der Waals surface area contributed by atoms with Gasteiger partial charge in [0.05, 0.1) is 5.92 Å². The predicted molar refractivity (Wildman–Crippen MR) is 82.2 cm³/mol. The molecule has 0 spiro atoms. The fourth-order valence-corrected chi connectivity index (χ4v) is 4.00. The first kappa shape index (κ1) is 13.9. The Kier molecular flexibility index (Phi) is 4.60. The molecule has 1 unspecified atom stereocenters. The molecule has 4 nitrogen and oxygen atoms in total. The van der Waals surface area contributed by atoms with Crippen LogP contribution in [0.5, 0.6) is 0 Å². The fraction of sp³-hybridized carbons (Fsp3) is 0.533. The van der Waals surface area contributed by atoms with Crippen LogP contribution in [0.2, 0.25) is 0 Å². The van der Waals surface area contributed by atoms with Crippen LogP contribution in [-0.4, -0.2) is 55.8 Å². The van der Waals surface area contributed by atoms with Gasteiger partial charge in [-0.05, 0) is 11.6 Å². The maximum Gasteiger partial charge on any atom is 0.228 e. The number of amides is 1. The van der Waals surface area contributed by atoms with Gasteiger partial charge in [0.15, 0.2) is 0 Å². The molecule has 1 aromatic rings. The third-order valence-electron chi connectivity index (χ3n) is 3.95. The highest BCUT2D eigenvalue weighted by molar-refractivity contribution is 7.99. The van der Waals surface area contributed by atoms with Gasteiger partial charge >= 0.3 is 0 Å². The van der Waals surface area contributed by atoms with Crippen molar-refractivity contribution in [2.45, 2.75) is 10.8 Å². The lowest BCUT2D eigenvalue weighted by molar-refractivity contribution is -0.122. The van der Waals surface area contributed by atoms with Gasteiger partial charge in [0.2, 0.25) is 5.91 Å².